The third-order valence-electron chi connectivity index (χ3n) is 6.06. The van der Waals surface area contributed by atoms with Crippen LogP contribution in [0.1, 0.15) is 31.4 Å². The molecule has 1 aliphatic heterocycles. The Morgan fingerprint density at radius 1 is 1.38 bits per heavy atom. The van der Waals surface area contributed by atoms with Crippen LogP contribution in [0.5, 0.6) is 5.75 Å². The molecule has 24 heavy (non-hydrogen) atoms. The summed E-state index contributed by atoms with van der Waals surface area (Å²) >= 11 is 1.60. The van der Waals surface area contributed by atoms with Crippen molar-refractivity contribution >= 4 is 17.0 Å². The summed E-state index contributed by atoms with van der Waals surface area (Å²) in [5.41, 5.74) is 4.38. The van der Waals surface area contributed by atoms with Crippen molar-refractivity contribution in [2.75, 3.05) is 11.9 Å². The maximum atomic E-state index is 6.01. The van der Waals surface area contributed by atoms with E-state index in [0.717, 1.165) is 23.7 Å². The van der Waals surface area contributed by atoms with Crippen LogP contribution in [-0.2, 0) is 11.3 Å². The Balaban J connectivity index is 1.28. The summed E-state index contributed by atoms with van der Waals surface area (Å²) in [6.07, 6.45) is 5.68. The van der Waals surface area contributed by atoms with Gasteiger partial charge in [0.25, 0.3) is 0 Å². The highest BCUT2D eigenvalue weighted by molar-refractivity contribution is 7.07. The van der Waals surface area contributed by atoms with Gasteiger partial charge in [0.15, 0.2) is 0 Å². The van der Waals surface area contributed by atoms with Crippen LogP contribution in [0.4, 0.5) is 5.69 Å². The molecule has 2 saturated carbocycles. The molecule has 5 rings (SSSR count). The maximum absolute atomic E-state index is 6.01. The summed E-state index contributed by atoms with van der Waals surface area (Å²) in [5, 5.41) is 5.83. The van der Waals surface area contributed by atoms with Gasteiger partial charge < -0.3 is 14.8 Å². The van der Waals surface area contributed by atoms with E-state index in [1.165, 1.54) is 25.7 Å². The van der Waals surface area contributed by atoms with Gasteiger partial charge in [-0.1, -0.05) is 12.5 Å². The molecule has 3 unspecified atom stereocenters. The minimum Gasteiger partial charge on any atom is -0.487 e. The van der Waals surface area contributed by atoms with Gasteiger partial charge in [-0.3, -0.25) is 0 Å². The lowest BCUT2D eigenvalue weighted by Gasteiger charge is -2.63. The van der Waals surface area contributed by atoms with Gasteiger partial charge >= 0.3 is 0 Å². The fourth-order valence-corrected chi connectivity index (χ4v) is 5.32. The second-order valence-corrected chi connectivity index (χ2v) is 7.97. The van der Waals surface area contributed by atoms with Crippen LogP contribution in [0, 0.1) is 11.3 Å². The minimum atomic E-state index is 0.401. The monoisotopic (exact) mass is 342 g/mol. The predicted molar refractivity (Wildman–Crippen MR) is 94.4 cm³/mol. The fraction of sp³-hybridized carbons (Fsp3) is 0.526. The molecule has 1 aromatic carbocycles. The van der Waals surface area contributed by atoms with E-state index in [1.54, 1.807) is 11.3 Å². The topological polar surface area (TPSA) is 43.4 Å². The average Bonchev–Trinajstić information content (AvgIpc) is 3.20. The zero-order valence-electron chi connectivity index (χ0n) is 13.6. The molecular weight excluding hydrogens is 320 g/mol. The molecule has 1 saturated heterocycles. The fourth-order valence-electron chi connectivity index (χ4n) is 4.78. The number of rotatable bonds is 5. The zero-order chi connectivity index (χ0) is 16.0. The first kappa shape index (κ1) is 14.7. The molecular formula is C19H22N2O2S. The standard InChI is InChI=1S/C19H22N2O2S/c1-3-13(9-15(4-1)23-10-14-11-24-12-20-14)21-17-16-5-8-22-18(16)19(17)6-2-7-19/h1,3-4,9,11-12,16-18,21H,2,5-8,10H2. The van der Waals surface area contributed by atoms with Crippen molar-refractivity contribution in [1.29, 1.82) is 0 Å². The van der Waals surface area contributed by atoms with Crippen molar-refractivity contribution in [3.63, 3.8) is 0 Å². The van der Waals surface area contributed by atoms with E-state index in [2.05, 4.69) is 28.5 Å². The van der Waals surface area contributed by atoms with Gasteiger partial charge in [-0.15, -0.1) is 11.3 Å². The van der Waals surface area contributed by atoms with Gasteiger partial charge in [0, 0.05) is 41.1 Å². The number of nitrogens with one attached hydrogen (secondary N) is 1. The number of thiazole rings is 1. The maximum Gasteiger partial charge on any atom is 0.131 e. The number of aromatic nitrogens is 1. The largest absolute Gasteiger partial charge is 0.487 e. The molecule has 0 bridgehead atoms. The smallest absolute Gasteiger partial charge is 0.131 e. The molecule has 1 N–H and O–H groups in total. The third kappa shape index (κ3) is 2.25. The summed E-state index contributed by atoms with van der Waals surface area (Å²) in [6.45, 7) is 1.46. The first-order valence-corrected chi connectivity index (χ1v) is 9.77. The van der Waals surface area contributed by atoms with E-state index < -0.39 is 0 Å². The molecule has 0 amide bonds. The molecule has 1 spiro atoms. The highest BCUT2D eigenvalue weighted by atomic mass is 32.1. The second kappa shape index (κ2) is 5.74. The van der Waals surface area contributed by atoms with Crippen molar-refractivity contribution in [3.05, 3.63) is 40.8 Å². The average molecular weight is 342 g/mol. The molecule has 1 aromatic heterocycles. The van der Waals surface area contributed by atoms with Gasteiger partial charge in [-0.05, 0) is 31.4 Å². The Morgan fingerprint density at radius 2 is 2.33 bits per heavy atom. The van der Waals surface area contributed by atoms with Crippen LogP contribution >= 0.6 is 11.3 Å². The molecule has 3 aliphatic rings. The van der Waals surface area contributed by atoms with E-state index in [1.807, 2.05) is 17.0 Å². The number of hydrogen-bond acceptors (Lipinski definition) is 5. The lowest BCUT2D eigenvalue weighted by Crippen LogP contribution is -2.68. The van der Waals surface area contributed by atoms with E-state index >= 15 is 0 Å². The molecule has 3 atom stereocenters. The Bertz CT molecular complexity index is 714. The molecule has 3 fully saturated rings. The SMILES string of the molecule is c1cc(NC2C3CCOC3C23CCC3)cc(OCc2cscn2)c1. The Morgan fingerprint density at radius 3 is 3.12 bits per heavy atom. The van der Waals surface area contributed by atoms with Gasteiger partial charge in [-0.25, -0.2) is 4.98 Å². The minimum absolute atomic E-state index is 0.401. The summed E-state index contributed by atoms with van der Waals surface area (Å²) in [5.74, 6) is 1.58. The first-order chi connectivity index (χ1) is 11.9. The molecule has 2 aromatic rings. The van der Waals surface area contributed by atoms with E-state index in [9.17, 15) is 0 Å². The van der Waals surface area contributed by atoms with Crippen molar-refractivity contribution in [2.24, 2.45) is 11.3 Å². The van der Waals surface area contributed by atoms with Crippen molar-refractivity contribution in [3.8, 4) is 5.75 Å². The summed E-state index contributed by atoms with van der Waals surface area (Å²) in [6, 6.07) is 8.90. The summed E-state index contributed by atoms with van der Waals surface area (Å²) in [7, 11) is 0. The summed E-state index contributed by atoms with van der Waals surface area (Å²) in [4.78, 5) is 4.26. The Kier molecular flexibility index (Phi) is 3.52. The molecule has 2 aliphatic carbocycles. The van der Waals surface area contributed by atoms with E-state index in [-0.39, 0.29) is 0 Å². The number of fused-ring (bicyclic) bond motifs is 2. The van der Waals surface area contributed by atoms with Crippen LogP contribution in [0.3, 0.4) is 0 Å². The molecule has 126 valence electrons. The Labute approximate surface area is 146 Å². The number of hydrogen-bond donors (Lipinski definition) is 1. The Hall–Kier alpha value is -1.59. The van der Waals surface area contributed by atoms with Crippen molar-refractivity contribution in [1.82, 2.24) is 4.98 Å². The van der Waals surface area contributed by atoms with E-state index in [4.69, 9.17) is 9.47 Å². The van der Waals surface area contributed by atoms with Gasteiger partial charge in [-0.2, -0.15) is 0 Å². The van der Waals surface area contributed by atoms with Gasteiger partial charge in [0.05, 0.1) is 17.3 Å². The van der Waals surface area contributed by atoms with Crippen LogP contribution < -0.4 is 10.1 Å². The van der Waals surface area contributed by atoms with Crippen LogP contribution in [0.2, 0.25) is 0 Å². The first-order valence-electron chi connectivity index (χ1n) is 8.83. The van der Waals surface area contributed by atoms with Crippen molar-refractivity contribution in [2.45, 2.75) is 44.4 Å². The summed E-state index contributed by atoms with van der Waals surface area (Å²) < 4.78 is 11.9. The van der Waals surface area contributed by atoms with Crippen LogP contribution in [0.15, 0.2) is 35.2 Å². The predicted octanol–water partition coefficient (Wildman–Crippen LogP) is 4.09. The van der Waals surface area contributed by atoms with Crippen molar-refractivity contribution < 1.29 is 9.47 Å². The zero-order valence-corrected chi connectivity index (χ0v) is 14.4. The number of ether oxygens (including phenoxy) is 2. The number of anilines is 1. The van der Waals surface area contributed by atoms with E-state index in [0.29, 0.717) is 30.1 Å². The molecule has 5 heteroatoms. The molecule has 0 radical (unpaired) electrons. The quantitative estimate of drug-likeness (QED) is 0.889. The number of benzene rings is 1. The highest BCUT2D eigenvalue weighted by Crippen LogP contribution is 2.63. The van der Waals surface area contributed by atoms with Gasteiger partial charge in [0.2, 0.25) is 0 Å². The number of nitrogens with zero attached hydrogens (tertiary/aromatic N) is 1. The third-order valence-corrected chi connectivity index (χ3v) is 6.70. The second-order valence-electron chi connectivity index (χ2n) is 7.25. The van der Waals surface area contributed by atoms with Crippen LogP contribution in [-0.4, -0.2) is 23.7 Å². The normalized spacial score (nSPS) is 29.6. The molecule has 4 nitrogen and oxygen atoms in total. The van der Waals surface area contributed by atoms with Gasteiger partial charge in [0.1, 0.15) is 12.4 Å². The highest BCUT2D eigenvalue weighted by Gasteiger charge is 2.66. The molecule has 2 heterocycles. The lowest BCUT2D eigenvalue weighted by atomic mass is 9.46. The van der Waals surface area contributed by atoms with Crippen LogP contribution in [0.25, 0.3) is 0 Å². The lowest BCUT2D eigenvalue weighted by molar-refractivity contribution is -0.158.